The lowest BCUT2D eigenvalue weighted by Gasteiger charge is -2.01. The molecule has 0 amide bonds. The number of hydrogen-bond acceptors (Lipinski definition) is 5. The van der Waals surface area contributed by atoms with Crippen molar-refractivity contribution in [3.05, 3.63) is 58.9 Å². The Morgan fingerprint density at radius 3 is 2.59 bits per heavy atom. The van der Waals surface area contributed by atoms with Crippen LogP contribution in [0.15, 0.2) is 36.7 Å². The standard InChI is InChI=1S/C19H18ClFN8/c1-10-17(20)11(2)29(26-10)16-8-15(22)25-19-13(6-7-23-16)18(28(3)27-19)14-5-4-12(21)9-24-14/h4-9H,22H2,1-3H3,(H,25,27). The van der Waals surface area contributed by atoms with Crippen LogP contribution in [0.5, 0.6) is 0 Å². The minimum absolute atomic E-state index is 0.328. The van der Waals surface area contributed by atoms with Gasteiger partial charge >= 0.3 is 0 Å². The Labute approximate surface area is 170 Å². The molecule has 0 unspecified atom stereocenters. The molecule has 0 aliphatic carbocycles. The van der Waals surface area contributed by atoms with Gasteiger partial charge in [-0.05, 0) is 32.0 Å². The smallest absolute Gasteiger partial charge is 0.161 e. The molecule has 4 heterocycles. The molecular formula is C19H18ClFN8. The number of anilines is 1. The number of pyridine rings is 1. The summed E-state index contributed by atoms with van der Waals surface area (Å²) in [5.41, 5.74) is 9.44. The van der Waals surface area contributed by atoms with Gasteiger partial charge in [0.15, 0.2) is 11.5 Å². The summed E-state index contributed by atoms with van der Waals surface area (Å²) in [5.74, 6) is 0.415. The lowest BCUT2D eigenvalue weighted by molar-refractivity contribution is 0.621. The molecule has 0 saturated heterocycles. The maximum Gasteiger partial charge on any atom is 0.161 e. The SMILES string of the molecule is Cc1nn(-c2cc(N)[nH]c3nn(C)c(-c4ccc(F)cn4)c3ccn2)c(C)c1Cl. The minimum Gasteiger partial charge on any atom is -0.385 e. The van der Waals surface area contributed by atoms with Crippen LogP contribution in [0.3, 0.4) is 0 Å². The lowest BCUT2D eigenvalue weighted by Crippen LogP contribution is -2.01. The van der Waals surface area contributed by atoms with Gasteiger partial charge < -0.3 is 10.7 Å². The molecule has 0 radical (unpaired) electrons. The van der Waals surface area contributed by atoms with E-state index in [4.69, 9.17) is 17.3 Å². The topological polar surface area (TPSA) is 103 Å². The average molecular weight is 413 g/mol. The van der Waals surface area contributed by atoms with Crippen LogP contribution in [-0.4, -0.2) is 34.5 Å². The Bertz CT molecular complexity index is 1270. The van der Waals surface area contributed by atoms with Crippen LogP contribution in [0.4, 0.5) is 10.2 Å². The Hall–Kier alpha value is -3.46. The van der Waals surface area contributed by atoms with Crippen molar-refractivity contribution in [1.82, 2.24) is 34.5 Å². The van der Waals surface area contributed by atoms with E-state index in [1.54, 1.807) is 40.8 Å². The zero-order chi connectivity index (χ0) is 20.7. The summed E-state index contributed by atoms with van der Waals surface area (Å²) in [7, 11) is 1.78. The van der Waals surface area contributed by atoms with Gasteiger partial charge in [-0.3, -0.25) is 9.67 Å². The molecule has 29 heavy (non-hydrogen) atoms. The molecule has 8 nitrogen and oxygen atoms in total. The molecule has 0 aliphatic rings. The van der Waals surface area contributed by atoms with Crippen molar-refractivity contribution in [2.24, 2.45) is 7.05 Å². The van der Waals surface area contributed by atoms with Crippen LogP contribution < -0.4 is 5.73 Å². The van der Waals surface area contributed by atoms with Crippen LogP contribution >= 0.6 is 11.6 Å². The number of aromatic nitrogens is 7. The monoisotopic (exact) mass is 412 g/mol. The number of nitrogens with zero attached hydrogens (tertiary/aromatic N) is 6. The van der Waals surface area contributed by atoms with Crippen molar-refractivity contribution < 1.29 is 4.39 Å². The molecule has 10 heteroatoms. The number of rotatable bonds is 2. The number of H-pyrrole nitrogens is 1. The summed E-state index contributed by atoms with van der Waals surface area (Å²) in [6.45, 7) is 3.68. The van der Waals surface area contributed by atoms with Gasteiger partial charge in [0.1, 0.15) is 11.6 Å². The normalized spacial score (nSPS) is 11.1. The van der Waals surface area contributed by atoms with Gasteiger partial charge in [-0.2, -0.15) is 10.2 Å². The zero-order valence-electron chi connectivity index (χ0n) is 16.0. The van der Waals surface area contributed by atoms with Crippen molar-refractivity contribution in [3.63, 3.8) is 0 Å². The summed E-state index contributed by atoms with van der Waals surface area (Å²) >= 11 is 6.26. The van der Waals surface area contributed by atoms with Crippen molar-refractivity contribution in [2.45, 2.75) is 13.8 Å². The van der Waals surface area contributed by atoms with Crippen molar-refractivity contribution in [1.29, 1.82) is 0 Å². The fourth-order valence-corrected chi connectivity index (χ4v) is 3.23. The van der Waals surface area contributed by atoms with Gasteiger partial charge in [-0.15, -0.1) is 0 Å². The molecule has 4 aromatic rings. The van der Waals surface area contributed by atoms with Crippen LogP contribution in [0.1, 0.15) is 11.4 Å². The molecule has 148 valence electrons. The first-order valence-corrected chi connectivity index (χ1v) is 9.12. The highest BCUT2D eigenvalue weighted by atomic mass is 35.5. The highest BCUT2D eigenvalue weighted by molar-refractivity contribution is 6.31. The molecule has 0 aliphatic heterocycles. The molecular weight excluding hydrogens is 395 g/mol. The fraction of sp³-hybridized carbons (Fsp3) is 0.158. The maximum absolute atomic E-state index is 13.3. The second-order valence-electron chi connectivity index (χ2n) is 6.52. The molecule has 4 rings (SSSR count). The van der Waals surface area contributed by atoms with E-state index in [2.05, 4.69) is 25.1 Å². The number of fused-ring (bicyclic) bond motifs is 1. The number of nitrogen functional groups attached to an aromatic ring is 1. The number of nitrogens with two attached hydrogens (primary N) is 1. The fourth-order valence-electron chi connectivity index (χ4n) is 3.11. The van der Waals surface area contributed by atoms with E-state index in [9.17, 15) is 4.39 Å². The summed E-state index contributed by atoms with van der Waals surface area (Å²) in [4.78, 5) is 11.7. The average Bonchev–Trinajstić information content (AvgIpc) is 3.14. The number of halogens is 2. The van der Waals surface area contributed by atoms with Crippen molar-refractivity contribution in [3.8, 4) is 17.2 Å². The highest BCUT2D eigenvalue weighted by Crippen LogP contribution is 2.26. The number of hydrogen-bond donors (Lipinski definition) is 2. The van der Waals surface area contributed by atoms with Gasteiger partial charge in [0.2, 0.25) is 0 Å². The van der Waals surface area contributed by atoms with E-state index in [1.807, 2.05) is 13.8 Å². The quantitative estimate of drug-likeness (QED) is 0.523. The van der Waals surface area contributed by atoms with Gasteiger partial charge in [0, 0.05) is 24.7 Å². The Balaban J connectivity index is 1.96. The first kappa shape index (κ1) is 18.9. The molecule has 0 bridgehead atoms. The van der Waals surface area contributed by atoms with Gasteiger partial charge in [0.25, 0.3) is 0 Å². The molecule has 3 N–H and O–H groups in total. The molecule has 0 spiro atoms. The predicted molar refractivity (Wildman–Crippen MR) is 110 cm³/mol. The molecule has 0 saturated carbocycles. The first-order valence-electron chi connectivity index (χ1n) is 8.74. The van der Waals surface area contributed by atoms with E-state index in [1.165, 1.54) is 6.07 Å². The van der Waals surface area contributed by atoms with Crippen LogP contribution in [0.2, 0.25) is 5.02 Å². The second-order valence-corrected chi connectivity index (χ2v) is 6.90. The van der Waals surface area contributed by atoms with E-state index in [-0.39, 0.29) is 0 Å². The molecule has 0 fully saturated rings. The van der Waals surface area contributed by atoms with Crippen LogP contribution in [-0.2, 0) is 7.05 Å². The van der Waals surface area contributed by atoms with Crippen LogP contribution in [0.25, 0.3) is 28.2 Å². The minimum atomic E-state index is -0.408. The van der Waals surface area contributed by atoms with E-state index in [0.717, 1.165) is 17.3 Å². The van der Waals surface area contributed by atoms with Crippen LogP contribution in [0, 0.1) is 19.7 Å². The highest BCUT2D eigenvalue weighted by Gasteiger charge is 2.14. The Kier molecular flexibility index (Phi) is 4.67. The van der Waals surface area contributed by atoms with E-state index >= 15 is 0 Å². The van der Waals surface area contributed by atoms with E-state index < -0.39 is 5.82 Å². The summed E-state index contributed by atoms with van der Waals surface area (Å²) in [6.07, 6.45) is 2.79. The Morgan fingerprint density at radius 1 is 1.14 bits per heavy atom. The summed E-state index contributed by atoms with van der Waals surface area (Å²) < 4.78 is 16.6. The lowest BCUT2D eigenvalue weighted by atomic mass is 10.2. The molecule has 0 atom stereocenters. The molecule has 0 aromatic carbocycles. The van der Waals surface area contributed by atoms with E-state index in [0.29, 0.717) is 39.4 Å². The summed E-state index contributed by atoms with van der Waals surface area (Å²) in [5, 5.41) is 10.2. The molecule has 4 aromatic heterocycles. The second kappa shape index (κ2) is 7.17. The third-order valence-electron chi connectivity index (χ3n) is 4.47. The number of aryl methyl sites for hydroxylation is 2. The first-order chi connectivity index (χ1) is 13.8. The maximum atomic E-state index is 13.3. The number of nitrogens with one attached hydrogen (secondary N) is 1. The zero-order valence-corrected chi connectivity index (χ0v) is 16.7. The van der Waals surface area contributed by atoms with Crippen molar-refractivity contribution in [2.75, 3.05) is 5.73 Å². The van der Waals surface area contributed by atoms with Gasteiger partial charge in [-0.1, -0.05) is 11.6 Å². The largest absolute Gasteiger partial charge is 0.385 e. The number of aromatic amines is 1. The van der Waals surface area contributed by atoms with Gasteiger partial charge in [0.05, 0.1) is 34.0 Å². The van der Waals surface area contributed by atoms with Crippen molar-refractivity contribution >= 4 is 28.5 Å². The predicted octanol–water partition coefficient (Wildman–Crippen LogP) is 3.66. The third-order valence-corrected chi connectivity index (χ3v) is 5.02. The van der Waals surface area contributed by atoms with Gasteiger partial charge in [-0.25, -0.2) is 14.1 Å². The third kappa shape index (κ3) is 3.40. The summed E-state index contributed by atoms with van der Waals surface area (Å²) in [6, 6.07) is 6.39. The Morgan fingerprint density at radius 2 is 1.93 bits per heavy atom.